The van der Waals surface area contributed by atoms with Gasteiger partial charge in [0.25, 0.3) is 5.91 Å². The molecule has 138 valence electrons. The third-order valence-corrected chi connectivity index (χ3v) is 5.54. The number of nitrogens with one attached hydrogen (secondary N) is 1. The molecule has 2 heterocycles. The first-order valence-electron chi connectivity index (χ1n) is 8.72. The Morgan fingerprint density at radius 3 is 2.63 bits per heavy atom. The van der Waals surface area contributed by atoms with Crippen LogP contribution >= 0.6 is 11.3 Å². The van der Waals surface area contributed by atoms with Crippen molar-refractivity contribution in [1.82, 2.24) is 20.1 Å². The van der Waals surface area contributed by atoms with E-state index in [9.17, 15) is 9.59 Å². The lowest BCUT2D eigenvalue weighted by molar-refractivity contribution is -0.141. The molecule has 2 atom stereocenters. The number of benzene rings is 1. The summed E-state index contributed by atoms with van der Waals surface area (Å²) in [6, 6.07) is 13.2. The van der Waals surface area contributed by atoms with Crippen molar-refractivity contribution in [2.45, 2.75) is 25.3 Å². The highest BCUT2D eigenvalue weighted by Gasteiger charge is 2.31. The Hall–Kier alpha value is -3.00. The monoisotopic (exact) mass is 382 g/mol. The van der Waals surface area contributed by atoms with Gasteiger partial charge >= 0.3 is 5.97 Å². The number of carboxylic acids is 1. The molecule has 1 saturated carbocycles. The van der Waals surface area contributed by atoms with E-state index in [0.29, 0.717) is 25.1 Å². The van der Waals surface area contributed by atoms with Gasteiger partial charge in [-0.05, 0) is 42.8 Å². The van der Waals surface area contributed by atoms with Crippen LogP contribution in [0.25, 0.3) is 16.4 Å². The second-order valence-corrected chi connectivity index (χ2v) is 7.45. The Morgan fingerprint density at radius 2 is 1.96 bits per heavy atom. The Balaban J connectivity index is 1.60. The lowest BCUT2D eigenvalue weighted by Crippen LogP contribution is -2.34. The van der Waals surface area contributed by atoms with Crippen molar-refractivity contribution in [2.24, 2.45) is 5.92 Å². The zero-order valence-electron chi connectivity index (χ0n) is 14.4. The first kappa shape index (κ1) is 17.4. The molecule has 2 aromatic heterocycles. The number of rotatable bonds is 5. The van der Waals surface area contributed by atoms with Crippen LogP contribution < -0.4 is 5.32 Å². The van der Waals surface area contributed by atoms with E-state index in [0.717, 1.165) is 10.6 Å². The average Bonchev–Trinajstić information content (AvgIpc) is 3.42. The molecule has 0 unspecified atom stereocenters. The Labute approximate surface area is 159 Å². The van der Waals surface area contributed by atoms with E-state index < -0.39 is 11.9 Å². The largest absolute Gasteiger partial charge is 0.481 e. The van der Waals surface area contributed by atoms with Gasteiger partial charge in [-0.1, -0.05) is 24.3 Å². The number of aromatic nitrogens is 3. The minimum absolute atomic E-state index is 0.0843. The number of carboxylic acid groups (broad SMARTS) is 1. The van der Waals surface area contributed by atoms with E-state index in [4.69, 9.17) is 5.11 Å². The third kappa shape index (κ3) is 3.61. The molecular formula is C19H18N4O3S. The second kappa shape index (κ2) is 7.32. The van der Waals surface area contributed by atoms with Gasteiger partial charge in [0, 0.05) is 6.04 Å². The third-order valence-electron chi connectivity index (χ3n) is 4.67. The minimum atomic E-state index is -0.807. The average molecular weight is 382 g/mol. The van der Waals surface area contributed by atoms with Crippen molar-refractivity contribution >= 4 is 23.2 Å². The van der Waals surface area contributed by atoms with Gasteiger partial charge in [0.05, 0.1) is 16.5 Å². The molecule has 8 heteroatoms. The fraction of sp³-hybridized carbons (Fsp3) is 0.263. The molecule has 0 spiro atoms. The summed E-state index contributed by atoms with van der Waals surface area (Å²) in [6.07, 6.45) is 1.67. The number of carbonyl (C=O) groups is 2. The second-order valence-electron chi connectivity index (χ2n) is 6.50. The quantitative estimate of drug-likeness (QED) is 0.707. The van der Waals surface area contributed by atoms with Crippen LogP contribution in [0.1, 0.15) is 29.9 Å². The predicted molar refractivity (Wildman–Crippen MR) is 101 cm³/mol. The zero-order chi connectivity index (χ0) is 18.8. The van der Waals surface area contributed by atoms with Gasteiger partial charge in [-0.3, -0.25) is 9.59 Å². The van der Waals surface area contributed by atoms with Crippen molar-refractivity contribution in [3.63, 3.8) is 0 Å². The molecule has 2 N–H and O–H groups in total. The van der Waals surface area contributed by atoms with E-state index in [2.05, 4.69) is 15.4 Å². The Kier molecular flexibility index (Phi) is 4.72. The summed E-state index contributed by atoms with van der Waals surface area (Å²) in [5.74, 6) is -0.888. The molecule has 0 radical (unpaired) electrons. The number of hydrogen-bond donors (Lipinski definition) is 2. The summed E-state index contributed by atoms with van der Waals surface area (Å²) in [5.41, 5.74) is 0.819. The number of amides is 1. The topological polar surface area (TPSA) is 97.1 Å². The van der Waals surface area contributed by atoms with Gasteiger partial charge in [-0.15, -0.1) is 16.4 Å². The molecule has 0 bridgehead atoms. The maximum atomic E-state index is 12.7. The van der Waals surface area contributed by atoms with Crippen molar-refractivity contribution in [3.05, 3.63) is 53.7 Å². The highest BCUT2D eigenvalue weighted by molar-refractivity contribution is 7.13. The van der Waals surface area contributed by atoms with Crippen LogP contribution in [-0.2, 0) is 4.79 Å². The molecule has 3 aromatic rings. The number of thiophene rings is 1. The number of carbonyl (C=O) groups excluding carboxylic acids is 1. The van der Waals surface area contributed by atoms with Crippen LogP contribution in [-0.4, -0.2) is 37.8 Å². The minimum Gasteiger partial charge on any atom is -0.481 e. The van der Waals surface area contributed by atoms with Crippen molar-refractivity contribution < 1.29 is 14.7 Å². The summed E-state index contributed by atoms with van der Waals surface area (Å²) in [7, 11) is 0. The Bertz CT molecular complexity index is 953. The molecule has 1 amide bonds. The highest BCUT2D eigenvalue weighted by Crippen LogP contribution is 2.27. The number of para-hydroxylation sites is 1. The van der Waals surface area contributed by atoms with Gasteiger partial charge < -0.3 is 10.4 Å². The normalized spacial score (nSPS) is 19.1. The standard InChI is InChI=1S/C19H18N4O3S/c24-18(20-13-9-8-12(11-13)19(25)26)16-21-17(15-7-4-10-27-15)23(22-16)14-5-2-1-3-6-14/h1-7,10,12-13H,8-9,11H2,(H,20,24)(H,25,26)/t12-,13+/m0/s1. The summed E-state index contributed by atoms with van der Waals surface area (Å²) in [5, 5.41) is 18.4. The van der Waals surface area contributed by atoms with E-state index in [1.807, 2.05) is 47.8 Å². The molecule has 0 saturated heterocycles. The van der Waals surface area contributed by atoms with Gasteiger partial charge in [-0.2, -0.15) is 0 Å². The van der Waals surface area contributed by atoms with Crippen LogP contribution in [0.3, 0.4) is 0 Å². The predicted octanol–water partition coefficient (Wildman–Crippen LogP) is 2.98. The van der Waals surface area contributed by atoms with Crippen LogP contribution in [0.15, 0.2) is 47.8 Å². The highest BCUT2D eigenvalue weighted by atomic mass is 32.1. The van der Waals surface area contributed by atoms with Gasteiger partial charge in [0.1, 0.15) is 0 Å². The maximum absolute atomic E-state index is 12.7. The van der Waals surface area contributed by atoms with Gasteiger partial charge in [-0.25, -0.2) is 9.67 Å². The first-order valence-corrected chi connectivity index (χ1v) is 9.60. The smallest absolute Gasteiger partial charge is 0.306 e. The van der Waals surface area contributed by atoms with E-state index >= 15 is 0 Å². The van der Waals surface area contributed by atoms with Crippen molar-refractivity contribution in [3.8, 4) is 16.4 Å². The summed E-state index contributed by atoms with van der Waals surface area (Å²) in [4.78, 5) is 29.1. The first-order chi connectivity index (χ1) is 13.1. The van der Waals surface area contributed by atoms with E-state index in [-0.39, 0.29) is 17.8 Å². The van der Waals surface area contributed by atoms with Crippen LogP contribution in [0.4, 0.5) is 0 Å². The van der Waals surface area contributed by atoms with Crippen molar-refractivity contribution in [1.29, 1.82) is 0 Å². The lowest BCUT2D eigenvalue weighted by Gasteiger charge is -2.10. The van der Waals surface area contributed by atoms with Gasteiger partial charge in [0.2, 0.25) is 5.82 Å². The lowest BCUT2D eigenvalue weighted by atomic mass is 10.1. The number of nitrogens with zero attached hydrogens (tertiary/aromatic N) is 3. The fourth-order valence-electron chi connectivity index (χ4n) is 3.31. The van der Waals surface area contributed by atoms with Crippen molar-refractivity contribution in [2.75, 3.05) is 0 Å². The molecular weight excluding hydrogens is 364 g/mol. The maximum Gasteiger partial charge on any atom is 0.306 e. The number of aliphatic carboxylic acids is 1. The number of hydrogen-bond acceptors (Lipinski definition) is 5. The van der Waals surface area contributed by atoms with Crippen LogP contribution in [0, 0.1) is 5.92 Å². The van der Waals surface area contributed by atoms with Gasteiger partial charge in [0.15, 0.2) is 5.82 Å². The molecule has 1 aliphatic rings. The molecule has 1 aromatic carbocycles. The molecule has 1 fully saturated rings. The summed E-state index contributed by atoms with van der Waals surface area (Å²) in [6.45, 7) is 0. The van der Waals surface area contributed by atoms with Crippen LogP contribution in [0.5, 0.6) is 0 Å². The summed E-state index contributed by atoms with van der Waals surface area (Å²) < 4.78 is 1.66. The zero-order valence-corrected chi connectivity index (χ0v) is 15.2. The molecule has 0 aliphatic heterocycles. The molecule has 4 rings (SSSR count). The fourth-order valence-corrected chi connectivity index (χ4v) is 4.01. The SMILES string of the molecule is O=C(N[C@@H]1CC[C@H](C(=O)O)C1)c1nc(-c2cccs2)n(-c2ccccc2)n1. The van der Waals surface area contributed by atoms with E-state index in [1.54, 1.807) is 4.68 Å². The van der Waals surface area contributed by atoms with Crippen LogP contribution in [0.2, 0.25) is 0 Å². The summed E-state index contributed by atoms with van der Waals surface area (Å²) >= 11 is 1.53. The van der Waals surface area contributed by atoms with E-state index in [1.165, 1.54) is 11.3 Å². The molecule has 7 nitrogen and oxygen atoms in total. The molecule has 27 heavy (non-hydrogen) atoms. The Morgan fingerprint density at radius 1 is 1.15 bits per heavy atom. The molecule has 1 aliphatic carbocycles.